The maximum Gasteiger partial charge on any atom is 0.259 e. The molecule has 2 aromatic rings. The number of aliphatic hydroxyl groups excluding tert-OH is 1. The van der Waals surface area contributed by atoms with Crippen LogP contribution in [-0.4, -0.2) is 71.9 Å². The Hall–Kier alpha value is -2.84. The molecular formula is C26H35N3O5. The molecule has 1 saturated heterocycles. The molecule has 1 unspecified atom stereocenters. The third-order valence-electron chi connectivity index (χ3n) is 7.05. The summed E-state index contributed by atoms with van der Waals surface area (Å²) in [5, 5.41) is 10.1. The Morgan fingerprint density at radius 3 is 2.50 bits per heavy atom. The van der Waals surface area contributed by atoms with Gasteiger partial charge in [0.25, 0.3) is 11.5 Å². The second-order valence-corrected chi connectivity index (χ2v) is 9.35. The van der Waals surface area contributed by atoms with E-state index in [2.05, 4.69) is 24.0 Å². The van der Waals surface area contributed by atoms with Crippen molar-refractivity contribution in [3.63, 3.8) is 0 Å². The smallest absolute Gasteiger partial charge is 0.259 e. The van der Waals surface area contributed by atoms with Crippen LogP contribution in [0.1, 0.15) is 45.6 Å². The lowest BCUT2D eigenvalue weighted by molar-refractivity contribution is 0.0469. The van der Waals surface area contributed by atoms with Gasteiger partial charge in [0.15, 0.2) is 0 Å². The number of amides is 1. The number of pyridine rings is 1. The number of hydrogen-bond donors (Lipinski definition) is 1. The van der Waals surface area contributed by atoms with E-state index in [-0.39, 0.29) is 11.5 Å². The van der Waals surface area contributed by atoms with E-state index in [1.165, 1.54) is 24.3 Å². The standard InChI is InChI=1S/C26H35N3O5/c1-17-13-22(33-3)18(2)12-19(17)15-27-9-7-21-25(26(32)28-8-5-6-20(30)16-28)23(34-4)14-24(31)29(21)11-10-27/h12-14,20,30H,5-11,15-16H2,1-4H3. The Morgan fingerprint density at radius 1 is 1.03 bits per heavy atom. The zero-order chi connectivity index (χ0) is 24.4. The van der Waals surface area contributed by atoms with E-state index in [0.29, 0.717) is 50.3 Å². The van der Waals surface area contributed by atoms with Gasteiger partial charge in [-0.15, -0.1) is 0 Å². The highest BCUT2D eigenvalue weighted by Gasteiger charge is 2.30. The monoisotopic (exact) mass is 469 g/mol. The molecule has 1 atom stereocenters. The fraction of sp³-hybridized carbons (Fsp3) is 0.538. The van der Waals surface area contributed by atoms with Gasteiger partial charge >= 0.3 is 0 Å². The van der Waals surface area contributed by atoms with Gasteiger partial charge in [-0.25, -0.2) is 0 Å². The first-order valence-corrected chi connectivity index (χ1v) is 12.0. The molecule has 8 nitrogen and oxygen atoms in total. The average molecular weight is 470 g/mol. The Kier molecular flexibility index (Phi) is 7.28. The third kappa shape index (κ3) is 4.83. The number of β-amino-alcohol motifs (C(OH)–C–C–N with tert-alkyl or cyclic N) is 1. The topological polar surface area (TPSA) is 84.2 Å². The number of hydrogen-bond acceptors (Lipinski definition) is 6. The number of rotatable bonds is 5. The molecule has 8 heteroatoms. The number of piperidine rings is 1. The van der Waals surface area contributed by atoms with Crippen molar-refractivity contribution in [1.29, 1.82) is 0 Å². The van der Waals surface area contributed by atoms with E-state index in [1.807, 2.05) is 6.92 Å². The zero-order valence-corrected chi connectivity index (χ0v) is 20.6. The molecule has 184 valence electrons. The Labute approximate surface area is 200 Å². The number of aryl methyl sites for hydroxylation is 2. The third-order valence-corrected chi connectivity index (χ3v) is 7.05. The molecule has 0 bridgehead atoms. The summed E-state index contributed by atoms with van der Waals surface area (Å²) in [4.78, 5) is 30.5. The minimum atomic E-state index is -0.514. The molecule has 4 rings (SSSR count). The van der Waals surface area contributed by atoms with Gasteiger partial charge in [-0.05, 0) is 49.4 Å². The molecule has 3 heterocycles. The summed E-state index contributed by atoms with van der Waals surface area (Å²) in [7, 11) is 3.18. The number of aliphatic hydroxyl groups is 1. The van der Waals surface area contributed by atoms with Crippen LogP contribution in [0, 0.1) is 13.8 Å². The van der Waals surface area contributed by atoms with Crippen LogP contribution in [0.25, 0.3) is 0 Å². The van der Waals surface area contributed by atoms with Crippen LogP contribution < -0.4 is 15.0 Å². The summed E-state index contributed by atoms with van der Waals surface area (Å²) in [6.45, 7) is 7.74. The molecule has 0 spiro atoms. The van der Waals surface area contributed by atoms with Crippen molar-refractivity contribution in [2.75, 3.05) is 40.4 Å². The fourth-order valence-electron chi connectivity index (χ4n) is 5.12. The molecule has 1 N–H and O–H groups in total. The Balaban J connectivity index is 1.62. The molecule has 34 heavy (non-hydrogen) atoms. The van der Waals surface area contributed by atoms with Gasteiger partial charge in [0.2, 0.25) is 0 Å². The fourth-order valence-corrected chi connectivity index (χ4v) is 5.12. The molecule has 1 fully saturated rings. The summed E-state index contributed by atoms with van der Waals surface area (Å²) in [5.74, 6) is 1.03. The van der Waals surface area contributed by atoms with E-state index in [4.69, 9.17) is 9.47 Å². The summed E-state index contributed by atoms with van der Waals surface area (Å²) < 4.78 is 12.7. The van der Waals surface area contributed by atoms with E-state index in [9.17, 15) is 14.7 Å². The Morgan fingerprint density at radius 2 is 1.79 bits per heavy atom. The number of benzene rings is 1. The minimum Gasteiger partial charge on any atom is -0.496 e. The number of ether oxygens (including phenoxy) is 2. The number of likely N-dealkylation sites (tertiary alicyclic amines) is 1. The van der Waals surface area contributed by atoms with Crippen LogP contribution in [0.2, 0.25) is 0 Å². The van der Waals surface area contributed by atoms with Crippen molar-refractivity contribution >= 4 is 5.91 Å². The summed E-state index contributed by atoms with van der Waals surface area (Å²) in [5.41, 5.74) is 4.52. The predicted octanol–water partition coefficient (Wildman–Crippen LogP) is 2.14. The molecule has 0 saturated carbocycles. The van der Waals surface area contributed by atoms with Gasteiger partial charge in [-0.2, -0.15) is 0 Å². The van der Waals surface area contributed by atoms with Gasteiger partial charge in [-0.3, -0.25) is 14.5 Å². The molecule has 0 aliphatic carbocycles. The van der Waals surface area contributed by atoms with Crippen molar-refractivity contribution in [2.45, 2.75) is 52.3 Å². The van der Waals surface area contributed by atoms with Crippen LogP contribution in [0.4, 0.5) is 0 Å². The molecule has 1 amide bonds. The molecule has 2 aliphatic rings. The molecule has 1 aromatic carbocycles. The van der Waals surface area contributed by atoms with Crippen LogP contribution in [0.15, 0.2) is 23.0 Å². The summed E-state index contributed by atoms with van der Waals surface area (Å²) >= 11 is 0. The first kappa shape index (κ1) is 24.3. The highest BCUT2D eigenvalue weighted by atomic mass is 16.5. The first-order chi connectivity index (χ1) is 16.3. The van der Waals surface area contributed by atoms with E-state index >= 15 is 0 Å². The van der Waals surface area contributed by atoms with Gasteiger partial charge in [-0.1, -0.05) is 6.07 Å². The molecule has 0 radical (unpaired) electrons. The number of carbonyl (C=O) groups excluding carboxylic acids is 1. The largest absolute Gasteiger partial charge is 0.496 e. The van der Waals surface area contributed by atoms with Crippen LogP contribution in [0.5, 0.6) is 11.5 Å². The van der Waals surface area contributed by atoms with Gasteiger partial charge < -0.3 is 24.0 Å². The highest BCUT2D eigenvalue weighted by Crippen LogP contribution is 2.27. The summed E-state index contributed by atoms with van der Waals surface area (Å²) in [6.07, 6.45) is 1.52. The lowest BCUT2D eigenvalue weighted by Crippen LogP contribution is -2.43. The zero-order valence-electron chi connectivity index (χ0n) is 20.6. The van der Waals surface area contributed by atoms with Gasteiger partial charge in [0, 0.05) is 57.4 Å². The van der Waals surface area contributed by atoms with E-state index in [1.54, 1.807) is 16.6 Å². The normalized spacial score (nSPS) is 18.9. The van der Waals surface area contributed by atoms with E-state index in [0.717, 1.165) is 36.5 Å². The molecule has 2 aliphatic heterocycles. The Bertz CT molecular complexity index is 1130. The minimum absolute atomic E-state index is 0.152. The van der Waals surface area contributed by atoms with Crippen molar-refractivity contribution in [1.82, 2.24) is 14.4 Å². The quantitative estimate of drug-likeness (QED) is 0.722. The van der Waals surface area contributed by atoms with Crippen molar-refractivity contribution < 1.29 is 19.4 Å². The first-order valence-electron chi connectivity index (χ1n) is 12.0. The predicted molar refractivity (Wildman–Crippen MR) is 130 cm³/mol. The summed E-state index contributed by atoms with van der Waals surface area (Å²) in [6, 6.07) is 5.65. The number of fused-ring (bicyclic) bond motifs is 1. The van der Waals surface area contributed by atoms with Crippen molar-refractivity contribution in [2.24, 2.45) is 0 Å². The second kappa shape index (κ2) is 10.2. The SMILES string of the molecule is COc1cc(C)c(CN2CCc3c(C(=O)N4CCCC(O)C4)c(OC)cc(=O)n3CC2)cc1C. The highest BCUT2D eigenvalue weighted by molar-refractivity contribution is 5.98. The van der Waals surface area contributed by atoms with E-state index < -0.39 is 6.10 Å². The maximum absolute atomic E-state index is 13.5. The maximum atomic E-state index is 13.5. The molecular weight excluding hydrogens is 434 g/mol. The van der Waals surface area contributed by atoms with Crippen LogP contribution >= 0.6 is 0 Å². The van der Waals surface area contributed by atoms with Crippen molar-refractivity contribution in [3.05, 3.63) is 56.5 Å². The second-order valence-electron chi connectivity index (χ2n) is 9.35. The number of methoxy groups -OCH3 is 2. The number of nitrogens with zero attached hydrogens (tertiary/aromatic N) is 3. The van der Waals surface area contributed by atoms with Gasteiger partial charge in [0.05, 0.1) is 20.3 Å². The number of carbonyl (C=O) groups is 1. The van der Waals surface area contributed by atoms with Gasteiger partial charge in [0.1, 0.15) is 17.1 Å². The lowest BCUT2D eigenvalue weighted by atomic mass is 10.0. The molecule has 1 aromatic heterocycles. The lowest BCUT2D eigenvalue weighted by Gasteiger charge is -2.31. The average Bonchev–Trinajstić information content (AvgIpc) is 3.03. The van der Waals surface area contributed by atoms with Crippen molar-refractivity contribution in [3.8, 4) is 11.5 Å². The van der Waals surface area contributed by atoms with Crippen LogP contribution in [-0.2, 0) is 19.5 Å². The number of aromatic nitrogens is 1. The van der Waals surface area contributed by atoms with Crippen LogP contribution in [0.3, 0.4) is 0 Å².